The molecule has 1 N–H and O–H groups in total. The van der Waals surface area contributed by atoms with Gasteiger partial charge in [-0.25, -0.2) is 0 Å². The quantitative estimate of drug-likeness (QED) is 0.885. The number of anilines is 1. The van der Waals surface area contributed by atoms with Crippen LogP contribution in [0, 0.1) is 0 Å². The largest absolute Gasteiger partial charge is 0.482 e. The second-order valence-corrected chi connectivity index (χ2v) is 5.64. The van der Waals surface area contributed by atoms with Gasteiger partial charge in [-0.15, -0.1) is 10.2 Å². The van der Waals surface area contributed by atoms with Gasteiger partial charge in [0.15, 0.2) is 6.61 Å². The summed E-state index contributed by atoms with van der Waals surface area (Å²) in [7, 11) is 0. The molecule has 0 fully saturated rings. The van der Waals surface area contributed by atoms with Crippen molar-refractivity contribution >= 4 is 45.6 Å². The third-order valence-electron chi connectivity index (χ3n) is 2.17. The number of carbonyl (C=O) groups is 1. The lowest BCUT2D eigenvalue weighted by molar-refractivity contribution is -0.138. The molecule has 0 atom stereocenters. The van der Waals surface area contributed by atoms with Crippen molar-refractivity contribution in [2.24, 2.45) is 0 Å². The van der Waals surface area contributed by atoms with Crippen molar-refractivity contribution in [1.82, 2.24) is 10.2 Å². The molecule has 0 spiro atoms. The highest BCUT2D eigenvalue weighted by atomic mass is 35.5. The van der Waals surface area contributed by atoms with Gasteiger partial charge < -0.3 is 4.74 Å². The molecule has 0 unspecified atom stereocenters. The van der Waals surface area contributed by atoms with Gasteiger partial charge in [0.05, 0.1) is 5.02 Å². The molecule has 11 heteroatoms. The Bertz CT molecular complexity index is 693. The molecule has 1 aromatic carbocycles. The van der Waals surface area contributed by atoms with E-state index in [0.717, 1.165) is 0 Å². The van der Waals surface area contributed by atoms with Gasteiger partial charge in [-0.3, -0.25) is 10.1 Å². The number of carbonyl (C=O) groups excluding carboxylic acids is 1. The molecule has 0 aliphatic rings. The van der Waals surface area contributed by atoms with E-state index in [1.165, 1.54) is 18.2 Å². The Labute approximate surface area is 136 Å². The number of ether oxygens (including phenoxy) is 1. The Morgan fingerprint density at radius 2 is 2.05 bits per heavy atom. The minimum atomic E-state index is -4.61. The smallest absolute Gasteiger partial charge is 0.445 e. The predicted molar refractivity (Wildman–Crippen MR) is 75.5 cm³/mol. The summed E-state index contributed by atoms with van der Waals surface area (Å²) >= 11 is 11.8. The number of amides is 1. The highest BCUT2D eigenvalue weighted by molar-refractivity contribution is 7.15. The summed E-state index contributed by atoms with van der Waals surface area (Å²) in [5.74, 6) is -0.529. The zero-order chi connectivity index (χ0) is 16.3. The van der Waals surface area contributed by atoms with Crippen molar-refractivity contribution < 1.29 is 22.7 Å². The average Bonchev–Trinajstić information content (AvgIpc) is 2.88. The lowest BCUT2D eigenvalue weighted by Crippen LogP contribution is -2.20. The fourth-order valence-electron chi connectivity index (χ4n) is 1.27. The molecule has 2 aromatic rings. The molecule has 22 heavy (non-hydrogen) atoms. The van der Waals surface area contributed by atoms with E-state index in [9.17, 15) is 18.0 Å². The molecular weight excluding hydrogens is 366 g/mol. The number of nitrogens with one attached hydrogen (secondary N) is 1. The molecule has 0 bridgehead atoms. The average molecular weight is 372 g/mol. The van der Waals surface area contributed by atoms with Crippen LogP contribution in [0.5, 0.6) is 5.75 Å². The lowest BCUT2D eigenvalue weighted by atomic mass is 10.3. The van der Waals surface area contributed by atoms with Crippen LogP contribution in [-0.2, 0) is 11.0 Å². The van der Waals surface area contributed by atoms with E-state index in [-0.39, 0.29) is 27.2 Å². The number of alkyl halides is 3. The first kappa shape index (κ1) is 16.8. The van der Waals surface area contributed by atoms with Crippen LogP contribution in [-0.4, -0.2) is 22.7 Å². The Balaban J connectivity index is 1.93. The number of aromatic nitrogens is 2. The van der Waals surface area contributed by atoms with Crippen molar-refractivity contribution in [2.45, 2.75) is 6.18 Å². The molecule has 2 rings (SSSR count). The Hall–Kier alpha value is -1.58. The van der Waals surface area contributed by atoms with Crippen molar-refractivity contribution in [3.63, 3.8) is 0 Å². The molecule has 1 heterocycles. The van der Waals surface area contributed by atoms with Crippen LogP contribution in [0.1, 0.15) is 5.01 Å². The normalized spacial score (nSPS) is 11.3. The van der Waals surface area contributed by atoms with E-state index in [1.807, 2.05) is 0 Å². The zero-order valence-corrected chi connectivity index (χ0v) is 12.8. The van der Waals surface area contributed by atoms with E-state index < -0.39 is 23.7 Å². The van der Waals surface area contributed by atoms with Crippen LogP contribution in [0.3, 0.4) is 0 Å². The fraction of sp³-hybridized carbons (Fsp3) is 0.182. The number of nitrogens with zero attached hydrogens (tertiary/aromatic N) is 2. The number of hydrogen-bond acceptors (Lipinski definition) is 5. The summed E-state index contributed by atoms with van der Waals surface area (Å²) in [5, 5.41) is 7.47. The third kappa shape index (κ3) is 4.46. The van der Waals surface area contributed by atoms with Gasteiger partial charge in [-0.05, 0) is 12.1 Å². The number of hydrogen-bond donors (Lipinski definition) is 1. The van der Waals surface area contributed by atoms with Crippen molar-refractivity contribution in [1.29, 1.82) is 0 Å². The first-order chi connectivity index (χ1) is 10.3. The van der Waals surface area contributed by atoms with Crippen LogP contribution in [0.4, 0.5) is 18.3 Å². The molecule has 0 saturated heterocycles. The second-order valence-electron chi connectivity index (χ2n) is 3.82. The van der Waals surface area contributed by atoms with Crippen LogP contribution in [0.25, 0.3) is 0 Å². The summed E-state index contributed by atoms with van der Waals surface area (Å²) < 4.78 is 42.1. The van der Waals surface area contributed by atoms with Crippen LogP contribution in [0.2, 0.25) is 10.0 Å². The lowest BCUT2D eigenvalue weighted by Gasteiger charge is -2.07. The monoisotopic (exact) mass is 371 g/mol. The molecule has 0 saturated carbocycles. The molecule has 1 aromatic heterocycles. The Morgan fingerprint density at radius 1 is 1.32 bits per heavy atom. The first-order valence-electron chi connectivity index (χ1n) is 5.54. The number of halogens is 5. The van der Waals surface area contributed by atoms with Gasteiger partial charge in [0.25, 0.3) is 5.91 Å². The summed E-state index contributed by atoms with van der Waals surface area (Å²) in [4.78, 5) is 11.6. The van der Waals surface area contributed by atoms with Crippen molar-refractivity contribution in [2.75, 3.05) is 11.9 Å². The molecule has 0 aliphatic carbocycles. The summed E-state index contributed by atoms with van der Waals surface area (Å²) in [5.41, 5.74) is 0. The van der Waals surface area contributed by atoms with E-state index in [2.05, 4.69) is 15.5 Å². The van der Waals surface area contributed by atoms with Gasteiger partial charge in [0.1, 0.15) is 5.75 Å². The summed E-state index contributed by atoms with van der Waals surface area (Å²) in [6.45, 7) is -0.471. The predicted octanol–water partition coefficient (Wildman–Crippen LogP) is 3.88. The minimum Gasteiger partial charge on any atom is -0.482 e. The Morgan fingerprint density at radius 3 is 2.68 bits per heavy atom. The van der Waals surface area contributed by atoms with Crippen molar-refractivity contribution in [3.8, 4) is 5.75 Å². The van der Waals surface area contributed by atoms with Crippen LogP contribution >= 0.6 is 34.5 Å². The highest BCUT2D eigenvalue weighted by Gasteiger charge is 2.35. The van der Waals surface area contributed by atoms with E-state index in [0.29, 0.717) is 5.02 Å². The highest BCUT2D eigenvalue weighted by Crippen LogP contribution is 2.33. The minimum absolute atomic E-state index is 0.178. The van der Waals surface area contributed by atoms with E-state index >= 15 is 0 Å². The topological polar surface area (TPSA) is 64.1 Å². The van der Waals surface area contributed by atoms with Gasteiger partial charge in [0, 0.05) is 11.1 Å². The van der Waals surface area contributed by atoms with Crippen molar-refractivity contribution in [3.05, 3.63) is 33.3 Å². The number of benzene rings is 1. The third-order valence-corrected chi connectivity index (χ3v) is 3.60. The van der Waals surface area contributed by atoms with Gasteiger partial charge in [-0.2, -0.15) is 13.2 Å². The van der Waals surface area contributed by atoms with Gasteiger partial charge >= 0.3 is 6.18 Å². The molecule has 118 valence electrons. The maximum absolute atomic E-state index is 12.3. The summed E-state index contributed by atoms with van der Waals surface area (Å²) in [6.07, 6.45) is -4.61. The first-order valence-corrected chi connectivity index (χ1v) is 7.11. The zero-order valence-electron chi connectivity index (χ0n) is 10.4. The van der Waals surface area contributed by atoms with Gasteiger partial charge in [0.2, 0.25) is 10.1 Å². The molecule has 1 amide bonds. The maximum atomic E-state index is 12.3. The SMILES string of the molecule is O=C(COc1cc(Cl)ccc1Cl)Nc1nnc(C(F)(F)F)s1. The summed E-state index contributed by atoms with van der Waals surface area (Å²) in [6, 6.07) is 4.43. The molecular formula is C11H6Cl2F3N3O2S. The molecule has 0 radical (unpaired) electrons. The van der Waals surface area contributed by atoms with Crippen LogP contribution in [0.15, 0.2) is 18.2 Å². The van der Waals surface area contributed by atoms with Crippen LogP contribution < -0.4 is 10.1 Å². The standard InChI is InChI=1S/C11H6Cl2F3N3O2S/c12-5-1-2-6(13)7(3-5)21-4-8(20)17-10-19-18-9(22-10)11(14,15)16/h1-3H,4H2,(H,17,19,20). The van der Waals surface area contributed by atoms with E-state index in [1.54, 1.807) is 0 Å². The van der Waals surface area contributed by atoms with E-state index in [4.69, 9.17) is 27.9 Å². The fourth-order valence-corrected chi connectivity index (χ4v) is 2.24. The number of rotatable bonds is 4. The van der Waals surface area contributed by atoms with Gasteiger partial charge in [-0.1, -0.05) is 34.5 Å². The second kappa shape index (κ2) is 6.67. The molecule has 0 aliphatic heterocycles. The molecule has 5 nitrogen and oxygen atoms in total. The maximum Gasteiger partial charge on any atom is 0.445 e. The Kier molecular flexibility index (Phi) is 5.09.